The van der Waals surface area contributed by atoms with Gasteiger partial charge in [0.15, 0.2) is 0 Å². The third-order valence-electron chi connectivity index (χ3n) is 4.23. The van der Waals surface area contributed by atoms with E-state index in [-0.39, 0.29) is 17.9 Å². The number of likely N-dealkylation sites (tertiary alicyclic amines) is 1. The lowest BCUT2D eigenvalue weighted by Crippen LogP contribution is -2.48. The van der Waals surface area contributed by atoms with Crippen LogP contribution < -0.4 is 10.6 Å². The largest absolute Gasteiger partial charge is 0.444 e. The van der Waals surface area contributed by atoms with E-state index in [4.69, 9.17) is 4.74 Å². The minimum absolute atomic E-state index is 0.0168. The summed E-state index contributed by atoms with van der Waals surface area (Å²) in [5, 5.41) is 6.37. The topological polar surface area (TPSA) is 70.7 Å². The number of carbonyl (C=O) groups excluding carboxylic acids is 2. The summed E-state index contributed by atoms with van der Waals surface area (Å²) in [5.41, 5.74) is -0.456. The van der Waals surface area contributed by atoms with Gasteiger partial charge in [-0.15, -0.1) is 0 Å². The summed E-state index contributed by atoms with van der Waals surface area (Å²) in [6.07, 6.45) is 1.88. The number of hydrogen-bond donors (Lipinski definition) is 2. The molecule has 0 aromatic heterocycles. The molecule has 0 aromatic rings. The van der Waals surface area contributed by atoms with E-state index in [0.717, 1.165) is 32.5 Å². The van der Waals surface area contributed by atoms with Gasteiger partial charge in [-0.1, -0.05) is 13.8 Å². The summed E-state index contributed by atoms with van der Waals surface area (Å²) in [4.78, 5) is 25.6. The maximum absolute atomic E-state index is 12.2. The van der Waals surface area contributed by atoms with Gasteiger partial charge in [-0.05, 0) is 46.5 Å². The molecule has 0 bridgehead atoms. The first kappa shape index (κ1) is 20.7. The highest BCUT2D eigenvalue weighted by Crippen LogP contribution is 2.21. The second-order valence-corrected chi connectivity index (χ2v) is 8.02. The summed E-state index contributed by atoms with van der Waals surface area (Å²) in [6.45, 7) is 14.5. The molecule has 0 aromatic carbocycles. The molecule has 1 aliphatic rings. The zero-order chi connectivity index (χ0) is 18.3. The van der Waals surface area contributed by atoms with Crippen molar-refractivity contribution in [2.24, 2.45) is 11.8 Å². The Morgan fingerprint density at radius 1 is 1.21 bits per heavy atom. The molecular formula is C18H35N3O3. The lowest BCUT2D eigenvalue weighted by molar-refractivity contribution is -0.123. The maximum Gasteiger partial charge on any atom is 0.410 e. The van der Waals surface area contributed by atoms with Gasteiger partial charge in [-0.3, -0.25) is 4.79 Å². The normalized spacial score (nSPS) is 20.0. The number of ether oxygens (including phenoxy) is 1. The van der Waals surface area contributed by atoms with Crippen molar-refractivity contribution in [3.63, 3.8) is 0 Å². The minimum Gasteiger partial charge on any atom is -0.444 e. The molecule has 2 unspecified atom stereocenters. The van der Waals surface area contributed by atoms with E-state index in [9.17, 15) is 9.59 Å². The molecule has 6 heteroatoms. The van der Waals surface area contributed by atoms with Crippen LogP contribution in [0.2, 0.25) is 0 Å². The Bertz CT molecular complexity index is 418. The number of nitrogens with zero attached hydrogens (tertiary/aromatic N) is 1. The van der Waals surface area contributed by atoms with Crippen LogP contribution in [0.4, 0.5) is 4.79 Å². The molecule has 0 aliphatic carbocycles. The van der Waals surface area contributed by atoms with Crippen molar-refractivity contribution >= 4 is 12.0 Å². The van der Waals surface area contributed by atoms with Crippen LogP contribution in [0.15, 0.2) is 0 Å². The fourth-order valence-corrected chi connectivity index (χ4v) is 2.77. The molecule has 24 heavy (non-hydrogen) atoms. The van der Waals surface area contributed by atoms with Gasteiger partial charge in [0.1, 0.15) is 5.60 Å². The third kappa shape index (κ3) is 7.51. The van der Waals surface area contributed by atoms with Crippen molar-refractivity contribution in [3.8, 4) is 0 Å². The van der Waals surface area contributed by atoms with E-state index in [0.29, 0.717) is 18.5 Å². The molecule has 0 radical (unpaired) electrons. The molecular weight excluding hydrogens is 306 g/mol. The van der Waals surface area contributed by atoms with Gasteiger partial charge in [0, 0.05) is 38.1 Å². The Morgan fingerprint density at radius 3 is 2.46 bits per heavy atom. The Hall–Kier alpha value is -1.30. The van der Waals surface area contributed by atoms with Crippen LogP contribution in [-0.4, -0.2) is 54.7 Å². The van der Waals surface area contributed by atoms with Gasteiger partial charge in [0.05, 0.1) is 0 Å². The standard InChI is InChI=1S/C18H35N3O3/c1-13(2)16(22)20-10-9-19-14(3)15-8-7-11-21(12-15)17(23)24-18(4,5)6/h13-15,19H,7-12H2,1-6H3,(H,20,22). The first-order valence-corrected chi connectivity index (χ1v) is 9.09. The first-order chi connectivity index (χ1) is 11.1. The van der Waals surface area contributed by atoms with Gasteiger partial charge < -0.3 is 20.3 Å². The SMILES string of the molecule is CC(C)C(=O)NCCNC(C)C1CCCN(C(=O)OC(C)(C)C)C1. The number of hydrogen-bond acceptors (Lipinski definition) is 4. The molecule has 140 valence electrons. The Labute approximate surface area is 146 Å². The highest BCUT2D eigenvalue weighted by molar-refractivity contribution is 5.77. The minimum atomic E-state index is -0.456. The quantitative estimate of drug-likeness (QED) is 0.728. The highest BCUT2D eigenvalue weighted by atomic mass is 16.6. The van der Waals surface area contributed by atoms with E-state index >= 15 is 0 Å². The summed E-state index contributed by atoms with van der Waals surface area (Å²) in [5.74, 6) is 0.508. The van der Waals surface area contributed by atoms with Crippen LogP contribution in [-0.2, 0) is 9.53 Å². The smallest absolute Gasteiger partial charge is 0.410 e. The number of nitrogens with one attached hydrogen (secondary N) is 2. The van der Waals surface area contributed by atoms with Crippen molar-refractivity contribution in [1.29, 1.82) is 0 Å². The summed E-state index contributed by atoms with van der Waals surface area (Å²) in [7, 11) is 0. The molecule has 2 amide bonds. The highest BCUT2D eigenvalue weighted by Gasteiger charge is 2.29. The fourth-order valence-electron chi connectivity index (χ4n) is 2.77. The number of amides is 2. The van der Waals surface area contributed by atoms with Gasteiger partial charge >= 0.3 is 6.09 Å². The fraction of sp³-hybridized carbons (Fsp3) is 0.889. The lowest BCUT2D eigenvalue weighted by Gasteiger charge is -2.36. The molecule has 1 heterocycles. The molecule has 1 rings (SSSR count). The molecule has 1 fully saturated rings. The molecule has 1 aliphatic heterocycles. The summed E-state index contributed by atoms with van der Waals surface area (Å²) >= 11 is 0. The van der Waals surface area contributed by atoms with E-state index in [1.807, 2.05) is 39.5 Å². The van der Waals surface area contributed by atoms with Crippen LogP contribution in [0, 0.1) is 11.8 Å². The van der Waals surface area contributed by atoms with Crippen LogP contribution in [0.25, 0.3) is 0 Å². The van der Waals surface area contributed by atoms with Crippen LogP contribution >= 0.6 is 0 Å². The average molecular weight is 341 g/mol. The van der Waals surface area contributed by atoms with Crippen LogP contribution in [0.5, 0.6) is 0 Å². The Kier molecular flexibility index (Phi) is 8.00. The van der Waals surface area contributed by atoms with Crippen molar-refractivity contribution in [1.82, 2.24) is 15.5 Å². The zero-order valence-corrected chi connectivity index (χ0v) is 16.1. The molecule has 0 spiro atoms. The van der Waals surface area contributed by atoms with Crippen molar-refractivity contribution < 1.29 is 14.3 Å². The molecule has 0 saturated carbocycles. The van der Waals surface area contributed by atoms with Gasteiger partial charge in [0.25, 0.3) is 0 Å². The lowest BCUT2D eigenvalue weighted by atomic mass is 9.92. The Balaban J connectivity index is 2.35. The first-order valence-electron chi connectivity index (χ1n) is 9.09. The predicted molar refractivity (Wildman–Crippen MR) is 95.8 cm³/mol. The zero-order valence-electron chi connectivity index (χ0n) is 16.1. The summed E-state index contributed by atoms with van der Waals surface area (Å²) in [6, 6.07) is 0.297. The average Bonchev–Trinajstić information content (AvgIpc) is 2.49. The van der Waals surface area contributed by atoms with E-state index < -0.39 is 5.60 Å². The van der Waals surface area contributed by atoms with Crippen molar-refractivity contribution in [2.45, 2.75) is 66.0 Å². The summed E-state index contributed by atoms with van der Waals surface area (Å²) < 4.78 is 5.47. The second-order valence-electron chi connectivity index (χ2n) is 8.02. The van der Waals surface area contributed by atoms with Gasteiger partial charge in [-0.25, -0.2) is 4.79 Å². The van der Waals surface area contributed by atoms with Crippen molar-refractivity contribution in [2.75, 3.05) is 26.2 Å². The monoisotopic (exact) mass is 341 g/mol. The van der Waals surface area contributed by atoms with E-state index in [1.165, 1.54) is 0 Å². The van der Waals surface area contributed by atoms with E-state index in [1.54, 1.807) is 0 Å². The molecule has 2 atom stereocenters. The van der Waals surface area contributed by atoms with E-state index in [2.05, 4.69) is 17.6 Å². The molecule has 1 saturated heterocycles. The second kappa shape index (κ2) is 9.25. The van der Waals surface area contributed by atoms with Crippen LogP contribution in [0.3, 0.4) is 0 Å². The molecule has 2 N–H and O–H groups in total. The molecule has 6 nitrogen and oxygen atoms in total. The maximum atomic E-state index is 12.2. The van der Waals surface area contributed by atoms with Crippen molar-refractivity contribution in [3.05, 3.63) is 0 Å². The van der Waals surface area contributed by atoms with Gasteiger partial charge in [0.2, 0.25) is 5.91 Å². The van der Waals surface area contributed by atoms with Crippen LogP contribution in [0.1, 0.15) is 54.4 Å². The predicted octanol–water partition coefficient (Wildman–Crippen LogP) is 2.38. The number of piperidine rings is 1. The number of rotatable bonds is 6. The third-order valence-corrected chi connectivity index (χ3v) is 4.23. The van der Waals surface area contributed by atoms with Gasteiger partial charge in [-0.2, -0.15) is 0 Å². The Morgan fingerprint density at radius 2 is 1.88 bits per heavy atom. The number of carbonyl (C=O) groups is 2.